The molecule has 3 amide bonds. The number of amides is 3. The number of hydrogen-bond acceptors (Lipinski definition) is 10. The van der Waals surface area contributed by atoms with Gasteiger partial charge >= 0.3 is 11.9 Å². The van der Waals surface area contributed by atoms with Crippen molar-refractivity contribution in [1.29, 1.82) is 0 Å². The van der Waals surface area contributed by atoms with Gasteiger partial charge in [0.2, 0.25) is 11.8 Å². The number of rotatable bonds is 22. The second kappa shape index (κ2) is 22.3. The zero-order valence-electron chi connectivity index (χ0n) is 34.0. The van der Waals surface area contributed by atoms with Crippen molar-refractivity contribution in [3.05, 3.63) is 64.1 Å². The largest absolute Gasteiger partial charge is 0.469 e. The van der Waals surface area contributed by atoms with Gasteiger partial charge in [-0.25, -0.2) is 4.98 Å². The molecule has 13 heteroatoms. The molecule has 1 aromatic heterocycles. The van der Waals surface area contributed by atoms with Crippen molar-refractivity contribution >= 4 is 51.8 Å². The molecule has 302 valence electrons. The van der Waals surface area contributed by atoms with Crippen LogP contribution in [0.3, 0.4) is 0 Å². The number of carbonyl (C=O) groups excluding carboxylic acids is 5. The number of ether oxygens (including phenoxy) is 2. The number of likely N-dealkylation sites (N-methyl/N-ethyl adjacent to an activating group) is 1. The molecule has 2 aromatic carbocycles. The van der Waals surface area contributed by atoms with Crippen LogP contribution in [-0.4, -0.2) is 85.4 Å². The summed E-state index contributed by atoms with van der Waals surface area (Å²) < 4.78 is 10.8. The number of unbranched alkanes of at least 4 members (excludes halogenated alkanes) is 2. The summed E-state index contributed by atoms with van der Waals surface area (Å²) in [7, 11) is 4.96. The Morgan fingerprint density at radius 2 is 1.60 bits per heavy atom. The van der Waals surface area contributed by atoms with E-state index in [4.69, 9.17) is 9.47 Å². The molecule has 3 aromatic rings. The lowest BCUT2D eigenvalue weighted by atomic mass is 9.94. The maximum absolute atomic E-state index is 14.0. The lowest BCUT2D eigenvalue weighted by Gasteiger charge is -2.36. The first-order valence-corrected chi connectivity index (χ1v) is 20.2. The van der Waals surface area contributed by atoms with Crippen LogP contribution in [0, 0.1) is 17.8 Å². The van der Waals surface area contributed by atoms with Crippen molar-refractivity contribution in [3.63, 3.8) is 0 Å². The molecule has 0 aliphatic heterocycles. The second-order valence-corrected chi connectivity index (χ2v) is 16.0. The van der Waals surface area contributed by atoms with Gasteiger partial charge in [-0.2, -0.15) is 0 Å². The highest BCUT2D eigenvalue weighted by molar-refractivity contribution is 7.09. The fourth-order valence-electron chi connectivity index (χ4n) is 6.77. The molecule has 3 N–H and O–H groups in total. The Morgan fingerprint density at radius 1 is 0.891 bits per heavy atom. The number of thiazole rings is 1. The van der Waals surface area contributed by atoms with Gasteiger partial charge in [-0.15, -0.1) is 11.3 Å². The molecule has 0 bridgehead atoms. The van der Waals surface area contributed by atoms with Crippen molar-refractivity contribution in [1.82, 2.24) is 25.8 Å². The van der Waals surface area contributed by atoms with Crippen LogP contribution in [0.25, 0.3) is 10.8 Å². The lowest BCUT2D eigenvalue weighted by molar-refractivity contribution is -0.149. The summed E-state index contributed by atoms with van der Waals surface area (Å²) in [6.45, 7) is 11.8. The summed E-state index contributed by atoms with van der Waals surface area (Å²) in [5, 5.41) is 13.4. The number of benzene rings is 2. The van der Waals surface area contributed by atoms with E-state index < -0.39 is 36.0 Å². The highest BCUT2D eigenvalue weighted by atomic mass is 32.1. The van der Waals surface area contributed by atoms with E-state index in [2.05, 4.69) is 27.0 Å². The topological polar surface area (TPSA) is 156 Å². The Hall–Kier alpha value is -4.36. The van der Waals surface area contributed by atoms with E-state index in [0.29, 0.717) is 24.3 Å². The van der Waals surface area contributed by atoms with Crippen molar-refractivity contribution < 1.29 is 33.4 Å². The highest BCUT2D eigenvalue weighted by Crippen LogP contribution is 2.31. The van der Waals surface area contributed by atoms with Crippen LogP contribution in [0.1, 0.15) is 107 Å². The quantitative estimate of drug-likeness (QED) is 0.0795. The van der Waals surface area contributed by atoms with Crippen LogP contribution in [0.15, 0.2) is 47.8 Å². The van der Waals surface area contributed by atoms with Gasteiger partial charge in [0.05, 0.1) is 13.0 Å². The Kier molecular flexibility index (Phi) is 18.2. The van der Waals surface area contributed by atoms with E-state index in [1.165, 1.54) is 25.4 Å². The van der Waals surface area contributed by atoms with Gasteiger partial charge < -0.3 is 30.3 Å². The molecule has 0 aliphatic rings. The predicted octanol–water partition coefficient (Wildman–Crippen LogP) is 6.23. The second-order valence-electron chi connectivity index (χ2n) is 15.1. The first kappa shape index (κ1) is 45.0. The van der Waals surface area contributed by atoms with Crippen LogP contribution < -0.4 is 16.0 Å². The average molecular weight is 780 g/mol. The smallest absolute Gasteiger partial charge is 0.308 e. The summed E-state index contributed by atoms with van der Waals surface area (Å²) in [6.07, 6.45) is 3.23. The van der Waals surface area contributed by atoms with Gasteiger partial charge in [-0.1, -0.05) is 83.5 Å². The number of esters is 2. The van der Waals surface area contributed by atoms with E-state index in [1.54, 1.807) is 24.3 Å². The maximum Gasteiger partial charge on any atom is 0.308 e. The summed E-state index contributed by atoms with van der Waals surface area (Å²) in [6, 6.07) is 12.7. The molecule has 0 fully saturated rings. The number of methoxy groups -OCH3 is 1. The number of nitrogens with zero attached hydrogens (tertiary/aromatic N) is 2. The monoisotopic (exact) mass is 779 g/mol. The predicted molar refractivity (Wildman–Crippen MR) is 217 cm³/mol. The van der Waals surface area contributed by atoms with Crippen LogP contribution in [0.5, 0.6) is 0 Å². The Bertz CT molecular complexity index is 1730. The third kappa shape index (κ3) is 14.0. The highest BCUT2D eigenvalue weighted by Gasteiger charge is 2.35. The standard InChI is InChI=1S/C42H61N5O7S/c1-26(2)35(47(8)41(51)38(27(3)4)46-37(49)17-11-10-14-20-43-7)24-36(54-29(6)48)40-45-34(25-55-40)39(50)44-33(21-28(5)42(52)53-9)23-30-18-19-31-15-12-13-16-32(31)22-30/h12-13,15-16,18-19,22,25-28,33,35-36,38,43H,10-11,14,17,20-21,23-24H2,1-9H3,(H,44,50)(H,46,49)/t28-,33+,35+,36+,38-/m0/s1. The van der Waals surface area contributed by atoms with Crippen molar-refractivity contribution in [3.8, 4) is 0 Å². The first-order chi connectivity index (χ1) is 26.1. The molecular weight excluding hydrogens is 719 g/mol. The Labute approximate surface area is 330 Å². The summed E-state index contributed by atoms with van der Waals surface area (Å²) in [5.74, 6) is -2.33. The van der Waals surface area contributed by atoms with E-state index in [0.717, 1.165) is 42.1 Å². The lowest BCUT2D eigenvalue weighted by Crippen LogP contribution is -2.54. The van der Waals surface area contributed by atoms with Crippen LogP contribution in [0.4, 0.5) is 0 Å². The number of hydrogen-bond donors (Lipinski definition) is 3. The normalized spacial score (nSPS) is 14.2. The van der Waals surface area contributed by atoms with Gasteiger partial charge in [0, 0.05) is 44.3 Å². The molecule has 0 unspecified atom stereocenters. The molecule has 5 atom stereocenters. The SMILES string of the molecule is CNCCCCCC(=O)N[C@H](C(=O)N(C)[C@H](C[C@@H](OC(C)=O)c1nc(C(=O)N[C@@H](Cc2ccc3ccccc3c2)C[C@H](C)C(=O)OC)cs1)C(C)C)C(C)C. The molecule has 3 rings (SSSR count). The van der Waals surface area contributed by atoms with E-state index >= 15 is 0 Å². The summed E-state index contributed by atoms with van der Waals surface area (Å²) >= 11 is 1.20. The number of carbonyl (C=O) groups is 5. The fourth-order valence-corrected chi connectivity index (χ4v) is 7.61. The van der Waals surface area contributed by atoms with Crippen molar-refractivity contribution in [2.75, 3.05) is 27.7 Å². The van der Waals surface area contributed by atoms with Gasteiger partial charge in [0.1, 0.15) is 16.7 Å². The summed E-state index contributed by atoms with van der Waals surface area (Å²) in [4.78, 5) is 71.5. The number of nitrogens with one attached hydrogen (secondary N) is 3. The van der Waals surface area contributed by atoms with E-state index in [9.17, 15) is 24.0 Å². The zero-order chi connectivity index (χ0) is 40.7. The molecule has 0 saturated heterocycles. The van der Waals surface area contributed by atoms with Crippen LogP contribution in [0.2, 0.25) is 0 Å². The third-order valence-electron chi connectivity index (χ3n) is 9.86. The van der Waals surface area contributed by atoms with Crippen molar-refractivity contribution in [2.45, 2.75) is 111 Å². The third-order valence-corrected chi connectivity index (χ3v) is 10.8. The Balaban J connectivity index is 1.79. The van der Waals surface area contributed by atoms with Gasteiger partial charge in [-0.05, 0) is 67.4 Å². The van der Waals surface area contributed by atoms with Gasteiger partial charge in [-0.3, -0.25) is 24.0 Å². The average Bonchev–Trinajstić information content (AvgIpc) is 3.65. The number of fused-ring (bicyclic) bond motifs is 1. The Morgan fingerprint density at radius 3 is 2.24 bits per heavy atom. The van der Waals surface area contributed by atoms with E-state index in [1.807, 2.05) is 71.1 Å². The van der Waals surface area contributed by atoms with Crippen LogP contribution in [-0.2, 0) is 35.1 Å². The molecular formula is C42H61N5O7S. The first-order valence-electron chi connectivity index (χ1n) is 19.3. The zero-order valence-corrected chi connectivity index (χ0v) is 34.8. The van der Waals surface area contributed by atoms with Crippen LogP contribution >= 0.6 is 11.3 Å². The van der Waals surface area contributed by atoms with Crippen molar-refractivity contribution in [2.24, 2.45) is 17.8 Å². The molecule has 0 radical (unpaired) electrons. The molecule has 0 spiro atoms. The molecule has 55 heavy (non-hydrogen) atoms. The minimum Gasteiger partial charge on any atom is -0.469 e. The molecule has 12 nitrogen and oxygen atoms in total. The van der Waals surface area contributed by atoms with E-state index in [-0.39, 0.29) is 47.8 Å². The maximum atomic E-state index is 14.0. The summed E-state index contributed by atoms with van der Waals surface area (Å²) in [5.41, 5.74) is 1.17. The molecule has 0 saturated carbocycles. The number of aromatic nitrogens is 1. The molecule has 1 heterocycles. The fraction of sp³-hybridized carbons (Fsp3) is 0.571. The molecule has 0 aliphatic carbocycles. The minimum atomic E-state index is -0.829. The minimum absolute atomic E-state index is 0.0434. The van der Waals surface area contributed by atoms with Gasteiger partial charge in [0.15, 0.2) is 6.10 Å². The van der Waals surface area contributed by atoms with Gasteiger partial charge in [0.25, 0.3) is 5.91 Å².